The Balaban J connectivity index is 2.33. The average molecular weight is 266 g/mol. The van der Waals surface area contributed by atoms with Crippen molar-refractivity contribution < 1.29 is 14.4 Å². The summed E-state index contributed by atoms with van der Waals surface area (Å²) in [5, 5.41) is 0. The van der Waals surface area contributed by atoms with Crippen LogP contribution in [0.1, 0.15) is 40.1 Å². The van der Waals surface area contributed by atoms with E-state index >= 15 is 0 Å². The second kappa shape index (κ2) is 3.85. The van der Waals surface area contributed by atoms with E-state index in [0.717, 1.165) is 5.56 Å². The molecular weight excluding hydrogens is 252 g/mol. The van der Waals surface area contributed by atoms with E-state index in [1.165, 1.54) is 6.08 Å². The molecule has 0 radical (unpaired) electrons. The van der Waals surface area contributed by atoms with Crippen molar-refractivity contribution in [1.82, 2.24) is 0 Å². The summed E-state index contributed by atoms with van der Waals surface area (Å²) >= 11 is 0. The van der Waals surface area contributed by atoms with Gasteiger partial charge in [-0.15, -0.1) is 0 Å². The summed E-state index contributed by atoms with van der Waals surface area (Å²) in [5.41, 5.74) is 1.43. The van der Waals surface area contributed by atoms with Gasteiger partial charge < -0.3 is 0 Å². The van der Waals surface area contributed by atoms with Crippen molar-refractivity contribution in [3.05, 3.63) is 58.2 Å². The molecule has 0 fully saturated rings. The molecule has 100 valence electrons. The number of carbonyl (C=O) groups is 3. The molecule has 0 heterocycles. The van der Waals surface area contributed by atoms with E-state index in [2.05, 4.69) is 0 Å². The number of ketones is 3. The lowest BCUT2D eigenvalue weighted by Gasteiger charge is -2.32. The van der Waals surface area contributed by atoms with Crippen molar-refractivity contribution in [2.24, 2.45) is 5.41 Å². The highest BCUT2D eigenvalue weighted by Gasteiger charge is 2.42. The first-order valence-electron chi connectivity index (χ1n) is 6.51. The Morgan fingerprint density at radius 3 is 2.35 bits per heavy atom. The zero-order valence-electron chi connectivity index (χ0n) is 11.6. The van der Waals surface area contributed by atoms with E-state index in [1.807, 2.05) is 20.8 Å². The van der Waals surface area contributed by atoms with Crippen LogP contribution in [0, 0.1) is 12.3 Å². The molecule has 2 aliphatic rings. The molecule has 3 rings (SSSR count). The molecule has 3 heteroatoms. The van der Waals surface area contributed by atoms with Gasteiger partial charge in [0.15, 0.2) is 17.3 Å². The topological polar surface area (TPSA) is 51.2 Å². The van der Waals surface area contributed by atoms with Gasteiger partial charge in [-0.05, 0) is 19.1 Å². The van der Waals surface area contributed by atoms with Crippen LogP contribution in [-0.4, -0.2) is 17.3 Å². The molecule has 0 bridgehead atoms. The maximum atomic E-state index is 12.7. The fraction of sp³-hybridized carbons (Fsp3) is 0.235. The van der Waals surface area contributed by atoms with Crippen LogP contribution < -0.4 is 0 Å². The molecule has 1 aromatic carbocycles. The van der Waals surface area contributed by atoms with Crippen LogP contribution in [0.5, 0.6) is 0 Å². The highest BCUT2D eigenvalue weighted by atomic mass is 16.2. The Kier molecular flexibility index (Phi) is 2.45. The molecule has 20 heavy (non-hydrogen) atoms. The fourth-order valence-electron chi connectivity index (χ4n) is 2.84. The van der Waals surface area contributed by atoms with E-state index in [1.54, 1.807) is 24.3 Å². The van der Waals surface area contributed by atoms with Crippen molar-refractivity contribution in [2.45, 2.75) is 20.8 Å². The minimum absolute atomic E-state index is 0.0406. The summed E-state index contributed by atoms with van der Waals surface area (Å²) in [6.45, 7) is 5.56. The summed E-state index contributed by atoms with van der Waals surface area (Å²) in [7, 11) is 0. The molecule has 0 aliphatic heterocycles. The normalized spacial score (nSPS) is 20.1. The lowest BCUT2D eigenvalue weighted by molar-refractivity contribution is -0.111. The van der Waals surface area contributed by atoms with Gasteiger partial charge in [0.1, 0.15) is 0 Å². The number of allylic oxidation sites excluding steroid dienone is 4. The van der Waals surface area contributed by atoms with Gasteiger partial charge in [-0.2, -0.15) is 0 Å². The molecule has 3 nitrogen and oxygen atoms in total. The first-order valence-corrected chi connectivity index (χ1v) is 6.51. The van der Waals surface area contributed by atoms with Gasteiger partial charge in [-0.3, -0.25) is 14.4 Å². The summed E-state index contributed by atoms with van der Waals surface area (Å²) < 4.78 is 0. The van der Waals surface area contributed by atoms with Gasteiger partial charge in [0, 0.05) is 22.1 Å². The van der Waals surface area contributed by atoms with Crippen LogP contribution in [0.3, 0.4) is 0 Å². The molecular formula is C17H14O3. The van der Waals surface area contributed by atoms with Crippen LogP contribution in [0.2, 0.25) is 0 Å². The van der Waals surface area contributed by atoms with Crippen molar-refractivity contribution in [2.75, 3.05) is 0 Å². The third kappa shape index (κ3) is 1.56. The SMILES string of the molecule is Cc1ccc2c(c1)C(=O)C1=C(C(=O)C=CC1(C)C)C2=O. The van der Waals surface area contributed by atoms with Gasteiger partial charge in [0.05, 0.1) is 5.57 Å². The first kappa shape index (κ1) is 12.7. The standard InChI is InChI=1S/C17H14O3/c1-9-4-5-10-11(8-9)16(20)14-13(15(10)19)12(18)6-7-17(14,2)3/h4-8H,1-3H3. The van der Waals surface area contributed by atoms with Crippen LogP contribution in [0.15, 0.2) is 41.5 Å². The van der Waals surface area contributed by atoms with Crippen molar-refractivity contribution in [3.63, 3.8) is 0 Å². The van der Waals surface area contributed by atoms with Gasteiger partial charge >= 0.3 is 0 Å². The lowest BCUT2D eigenvalue weighted by atomic mass is 9.68. The maximum Gasteiger partial charge on any atom is 0.198 e. The molecule has 0 N–H and O–H groups in total. The van der Waals surface area contributed by atoms with Gasteiger partial charge in [0.25, 0.3) is 0 Å². The molecule has 0 amide bonds. The summed E-state index contributed by atoms with van der Waals surface area (Å²) in [6.07, 6.45) is 3.09. The molecule has 0 aromatic heterocycles. The first-order chi connectivity index (χ1) is 9.33. The lowest BCUT2D eigenvalue weighted by Crippen LogP contribution is -2.34. The second-order valence-electron chi connectivity index (χ2n) is 5.88. The molecule has 2 aliphatic carbocycles. The largest absolute Gasteiger partial charge is 0.289 e. The molecule has 0 saturated heterocycles. The van der Waals surface area contributed by atoms with Crippen molar-refractivity contribution in [1.29, 1.82) is 0 Å². The summed E-state index contributed by atoms with van der Waals surface area (Å²) in [4.78, 5) is 37.3. The molecule has 0 unspecified atom stereocenters. The van der Waals surface area contributed by atoms with Gasteiger partial charge in [-0.1, -0.05) is 37.6 Å². The summed E-state index contributed by atoms with van der Waals surface area (Å²) in [6, 6.07) is 5.13. The number of hydrogen-bond acceptors (Lipinski definition) is 3. The highest BCUT2D eigenvalue weighted by molar-refractivity contribution is 6.39. The van der Waals surface area contributed by atoms with Crippen LogP contribution in [0.25, 0.3) is 0 Å². The van der Waals surface area contributed by atoms with E-state index in [-0.39, 0.29) is 22.9 Å². The van der Waals surface area contributed by atoms with Gasteiger partial charge in [-0.25, -0.2) is 0 Å². The Morgan fingerprint density at radius 2 is 1.65 bits per heavy atom. The second-order valence-corrected chi connectivity index (χ2v) is 5.88. The smallest absolute Gasteiger partial charge is 0.198 e. The van der Waals surface area contributed by atoms with Gasteiger partial charge in [0.2, 0.25) is 0 Å². The van der Waals surface area contributed by atoms with E-state index in [0.29, 0.717) is 16.7 Å². The zero-order valence-corrected chi connectivity index (χ0v) is 11.6. The van der Waals surface area contributed by atoms with Crippen LogP contribution in [-0.2, 0) is 4.79 Å². The Morgan fingerprint density at radius 1 is 0.950 bits per heavy atom. The number of benzene rings is 1. The van der Waals surface area contributed by atoms with Crippen LogP contribution in [0.4, 0.5) is 0 Å². The number of Topliss-reactive ketones (excluding diaryl/α,β-unsaturated/α-hetero) is 2. The third-order valence-corrected chi connectivity index (χ3v) is 3.91. The Hall–Kier alpha value is -2.29. The zero-order chi connectivity index (χ0) is 14.7. The highest BCUT2D eigenvalue weighted by Crippen LogP contribution is 2.41. The molecule has 0 atom stereocenters. The number of aryl methyl sites for hydroxylation is 1. The predicted octanol–water partition coefficient (Wildman–Crippen LogP) is 2.84. The van der Waals surface area contributed by atoms with E-state index in [9.17, 15) is 14.4 Å². The Bertz CT molecular complexity index is 745. The molecule has 0 spiro atoms. The Labute approximate surface area is 117 Å². The van der Waals surface area contributed by atoms with Crippen molar-refractivity contribution >= 4 is 17.3 Å². The molecule has 0 saturated carbocycles. The number of fused-ring (bicyclic) bond motifs is 1. The minimum Gasteiger partial charge on any atom is -0.289 e. The average Bonchev–Trinajstić information content (AvgIpc) is 2.38. The number of hydrogen-bond donors (Lipinski definition) is 0. The van der Waals surface area contributed by atoms with E-state index < -0.39 is 5.41 Å². The van der Waals surface area contributed by atoms with E-state index in [4.69, 9.17) is 0 Å². The predicted molar refractivity (Wildman–Crippen MR) is 74.8 cm³/mol. The summed E-state index contributed by atoms with van der Waals surface area (Å²) in [5.74, 6) is -0.915. The minimum atomic E-state index is -0.600. The fourth-order valence-corrected chi connectivity index (χ4v) is 2.84. The molecule has 1 aromatic rings. The quantitative estimate of drug-likeness (QED) is 0.678. The number of rotatable bonds is 0. The van der Waals surface area contributed by atoms with Crippen LogP contribution >= 0.6 is 0 Å². The number of carbonyl (C=O) groups excluding carboxylic acids is 3. The van der Waals surface area contributed by atoms with Crippen molar-refractivity contribution in [3.8, 4) is 0 Å². The maximum absolute atomic E-state index is 12.7. The monoisotopic (exact) mass is 266 g/mol. The third-order valence-electron chi connectivity index (χ3n) is 3.91.